The second kappa shape index (κ2) is 12.2. The molecule has 0 atom stereocenters. The third kappa shape index (κ3) is 7.36. The van der Waals surface area contributed by atoms with Crippen LogP contribution < -0.4 is 5.32 Å². The fourth-order valence-corrected chi connectivity index (χ4v) is 4.20. The molecule has 0 bridgehead atoms. The van der Waals surface area contributed by atoms with Crippen LogP contribution in [0.25, 0.3) is 0 Å². The molecule has 0 saturated carbocycles. The summed E-state index contributed by atoms with van der Waals surface area (Å²) in [7, 11) is 1.48. The number of anilines is 1. The van der Waals surface area contributed by atoms with Crippen molar-refractivity contribution < 1.29 is 23.1 Å². The Kier molecular flexibility index (Phi) is 9.12. The molecule has 1 heterocycles. The summed E-state index contributed by atoms with van der Waals surface area (Å²) in [6.07, 6.45) is 0. The van der Waals surface area contributed by atoms with Crippen LogP contribution in [0.5, 0.6) is 0 Å². The van der Waals surface area contributed by atoms with Gasteiger partial charge in [-0.1, -0.05) is 30.3 Å². The molecular formula is C25H27F2N3O3S. The topological polar surface area (TPSA) is 61.9 Å². The molecular weight excluding hydrogens is 460 g/mol. The Morgan fingerprint density at radius 1 is 1.00 bits per heavy atom. The first-order valence-corrected chi connectivity index (χ1v) is 11.5. The highest BCUT2D eigenvalue weighted by Gasteiger charge is 2.23. The lowest BCUT2D eigenvalue weighted by atomic mass is 10.2. The molecule has 0 spiro atoms. The molecule has 2 aromatic carbocycles. The first-order valence-electron chi connectivity index (χ1n) is 10.7. The maximum absolute atomic E-state index is 14.0. The van der Waals surface area contributed by atoms with E-state index in [1.807, 2.05) is 49.4 Å². The fraction of sp³-hybridized carbons (Fsp3) is 0.280. The highest BCUT2D eigenvalue weighted by atomic mass is 32.1. The molecule has 0 saturated heterocycles. The molecule has 3 amide bonds. The van der Waals surface area contributed by atoms with Gasteiger partial charge in [0.15, 0.2) is 0 Å². The van der Waals surface area contributed by atoms with E-state index in [2.05, 4.69) is 5.32 Å². The molecule has 0 unspecified atom stereocenters. The second-order valence-electron chi connectivity index (χ2n) is 7.72. The van der Waals surface area contributed by atoms with Crippen LogP contribution in [-0.4, -0.2) is 48.5 Å². The predicted molar refractivity (Wildman–Crippen MR) is 129 cm³/mol. The summed E-state index contributed by atoms with van der Waals surface area (Å²) < 4.78 is 32.3. The number of benzene rings is 2. The maximum Gasteiger partial charge on any atom is 0.322 e. The van der Waals surface area contributed by atoms with Crippen LogP contribution in [0, 0.1) is 18.6 Å². The predicted octanol–water partition coefficient (Wildman–Crippen LogP) is 5.04. The minimum Gasteiger partial charge on any atom is -0.383 e. The van der Waals surface area contributed by atoms with Crippen LogP contribution in [0.2, 0.25) is 0 Å². The van der Waals surface area contributed by atoms with Crippen molar-refractivity contribution >= 4 is 29.0 Å². The molecule has 1 aromatic heterocycles. The normalized spacial score (nSPS) is 10.7. The largest absolute Gasteiger partial charge is 0.383 e. The van der Waals surface area contributed by atoms with E-state index in [0.717, 1.165) is 27.5 Å². The van der Waals surface area contributed by atoms with Crippen LogP contribution in [0.4, 0.5) is 19.3 Å². The lowest BCUT2D eigenvalue weighted by Gasteiger charge is -2.27. The van der Waals surface area contributed by atoms with Crippen molar-refractivity contribution in [1.29, 1.82) is 0 Å². The molecule has 0 fully saturated rings. The van der Waals surface area contributed by atoms with Crippen molar-refractivity contribution in [2.45, 2.75) is 20.0 Å². The number of halogens is 2. The van der Waals surface area contributed by atoms with E-state index in [1.54, 1.807) is 16.2 Å². The SMILES string of the molecule is COCCN(CC(=O)N(Cc1ccccc1)Cc1ccc(C)s1)C(=O)Nc1ccc(F)cc1F. The van der Waals surface area contributed by atoms with E-state index in [0.29, 0.717) is 19.2 Å². The third-order valence-corrected chi connectivity index (χ3v) is 6.05. The Hall–Kier alpha value is -3.30. The Morgan fingerprint density at radius 2 is 1.76 bits per heavy atom. The number of methoxy groups -OCH3 is 1. The molecule has 1 N–H and O–H groups in total. The summed E-state index contributed by atoms with van der Waals surface area (Å²) >= 11 is 1.61. The van der Waals surface area contributed by atoms with Gasteiger partial charge in [-0.05, 0) is 36.8 Å². The summed E-state index contributed by atoms with van der Waals surface area (Å²) in [5.41, 5.74) is 0.793. The zero-order chi connectivity index (χ0) is 24.5. The summed E-state index contributed by atoms with van der Waals surface area (Å²) in [4.78, 5) is 31.3. The molecule has 0 aliphatic rings. The number of ether oxygens (including phenoxy) is 1. The smallest absolute Gasteiger partial charge is 0.322 e. The molecule has 3 rings (SSSR count). The van der Waals surface area contributed by atoms with Crippen molar-refractivity contribution in [2.75, 3.05) is 32.1 Å². The van der Waals surface area contributed by atoms with E-state index in [1.165, 1.54) is 12.0 Å². The van der Waals surface area contributed by atoms with Gasteiger partial charge in [0.25, 0.3) is 0 Å². The molecule has 3 aromatic rings. The summed E-state index contributed by atoms with van der Waals surface area (Å²) in [5.74, 6) is -1.91. The monoisotopic (exact) mass is 487 g/mol. The minimum atomic E-state index is -0.898. The van der Waals surface area contributed by atoms with E-state index >= 15 is 0 Å². The molecule has 0 radical (unpaired) electrons. The van der Waals surface area contributed by atoms with Crippen molar-refractivity contribution in [3.8, 4) is 0 Å². The Labute approximate surface area is 201 Å². The average Bonchev–Trinajstić information content (AvgIpc) is 3.23. The zero-order valence-corrected chi connectivity index (χ0v) is 19.9. The van der Waals surface area contributed by atoms with Gasteiger partial charge in [-0.2, -0.15) is 0 Å². The van der Waals surface area contributed by atoms with Crippen LogP contribution in [0.3, 0.4) is 0 Å². The Morgan fingerprint density at radius 3 is 2.41 bits per heavy atom. The van der Waals surface area contributed by atoms with Crippen molar-refractivity contribution in [3.05, 3.63) is 87.6 Å². The van der Waals surface area contributed by atoms with Gasteiger partial charge in [0.05, 0.1) is 18.8 Å². The molecule has 34 heavy (non-hydrogen) atoms. The van der Waals surface area contributed by atoms with E-state index in [4.69, 9.17) is 4.74 Å². The molecule has 0 aliphatic heterocycles. The van der Waals surface area contributed by atoms with Crippen LogP contribution in [0.1, 0.15) is 15.3 Å². The van der Waals surface area contributed by atoms with Gasteiger partial charge in [0.2, 0.25) is 5.91 Å². The third-order valence-electron chi connectivity index (χ3n) is 5.06. The van der Waals surface area contributed by atoms with Gasteiger partial charge in [-0.15, -0.1) is 11.3 Å². The Bertz CT molecular complexity index is 1110. The number of aryl methyl sites for hydroxylation is 1. The van der Waals surface area contributed by atoms with E-state index in [-0.39, 0.29) is 31.3 Å². The number of thiophene rings is 1. The summed E-state index contributed by atoms with van der Waals surface area (Å²) in [6.45, 7) is 2.86. The Balaban J connectivity index is 1.76. The van der Waals surface area contributed by atoms with Gasteiger partial charge in [0.1, 0.15) is 18.2 Å². The quantitative estimate of drug-likeness (QED) is 0.436. The number of hydrogen-bond acceptors (Lipinski definition) is 4. The standard InChI is InChI=1S/C25H27F2N3O3S/c1-18-8-10-21(34-18)16-30(15-19-6-4-3-5-7-19)24(31)17-29(12-13-33-2)25(32)28-23-11-9-20(26)14-22(23)27/h3-11,14H,12-13,15-17H2,1-2H3,(H,28,32). The van der Waals surface area contributed by atoms with Gasteiger partial charge in [-0.3, -0.25) is 4.79 Å². The maximum atomic E-state index is 14.0. The van der Waals surface area contributed by atoms with Crippen LogP contribution in [0.15, 0.2) is 60.7 Å². The number of amides is 3. The number of nitrogens with one attached hydrogen (secondary N) is 1. The molecule has 0 aliphatic carbocycles. The van der Waals surface area contributed by atoms with Crippen molar-refractivity contribution in [3.63, 3.8) is 0 Å². The highest BCUT2D eigenvalue weighted by molar-refractivity contribution is 7.11. The average molecular weight is 488 g/mol. The minimum absolute atomic E-state index is 0.119. The molecule has 9 heteroatoms. The number of nitrogens with zero attached hydrogens (tertiary/aromatic N) is 2. The van der Waals surface area contributed by atoms with Crippen molar-refractivity contribution in [1.82, 2.24) is 9.80 Å². The number of urea groups is 1. The molecule has 6 nitrogen and oxygen atoms in total. The fourth-order valence-electron chi connectivity index (χ4n) is 3.30. The number of rotatable bonds is 10. The number of carbonyl (C=O) groups excluding carboxylic acids is 2. The van der Waals surface area contributed by atoms with E-state index < -0.39 is 17.7 Å². The second-order valence-corrected chi connectivity index (χ2v) is 9.09. The first-order chi connectivity index (χ1) is 16.4. The van der Waals surface area contributed by atoms with Crippen LogP contribution in [-0.2, 0) is 22.6 Å². The van der Waals surface area contributed by atoms with Crippen LogP contribution >= 0.6 is 11.3 Å². The lowest BCUT2D eigenvalue weighted by Crippen LogP contribution is -2.45. The number of carbonyl (C=O) groups is 2. The van der Waals surface area contributed by atoms with Gasteiger partial charge in [0, 0.05) is 36.0 Å². The van der Waals surface area contributed by atoms with Gasteiger partial charge in [-0.25, -0.2) is 13.6 Å². The summed E-state index contributed by atoms with van der Waals surface area (Å²) in [5, 5.41) is 2.41. The van der Waals surface area contributed by atoms with Gasteiger partial charge >= 0.3 is 6.03 Å². The highest BCUT2D eigenvalue weighted by Crippen LogP contribution is 2.19. The summed E-state index contributed by atoms with van der Waals surface area (Å²) in [6, 6.07) is 15.8. The lowest BCUT2D eigenvalue weighted by molar-refractivity contribution is -0.133. The van der Waals surface area contributed by atoms with Crippen molar-refractivity contribution in [2.24, 2.45) is 0 Å². The first kappa shape index (κ1) is 25.3. The number of hydrogen-bond donors (Lipinski definition) is 1. The van der Waals surface area contributed by atoms with E-state index in [9.17, 15) is 18.4 Å². The molecule has 180 valence electrons. The van der Waals surface area contributed by atoms with Gasteiger partial charge < -0.3 is 19.9 Å². The zero-order valence-electron chi connectivity index (χ0n) is 19.1.